The Morgan fingerprint density at radius 1 is 1.27 bits per heavy atom. The van der Waals surface area contributed by atoms with Gasteiger partial charge in [-0.15, -0.1) is 0 Å². The smallest absolute Gasteiger partial charge is 0.267 e. The summed E-state index contributed by atoms with van der Waals surface area (Å²) in [4.78, 5) is 14.3. The van der Waals surface area contributed by atoms with E-state index in [0.29, 0.717) is 0 Å². The third-order valence-corrected chi connectivity index (χ3v) is 2.10. The second-order valence-electron chi connectivity index (χ2n) is 2.84. The van der Waals surface area contributed by atoms with Crippen LogP contribution in [0.1, 0.15) is 19.3 Å². The Labute approximate surface area is 65.3 Å². The van der Waals surface area contributed by atoms with Crippen molar-refractivity contribution in [1.82, 2.24) is 0 Å². The number of rotatable bonds is 0. The molecule has 2 heteroatoms. The van der Waals surface area contributed by atoms with Gasteiger partial charge in [-0.3, -0.25) is 4.79 Å². The maximum Gasteiger partial charge on any atom is 0.269 e. The summed E-state index contributed by atoms with van der Waals surface area (Å²) in [6, 6.07) is 0. The molecule has 0 bridgehead atoms. The molecule has 1 saturated carbocycles. The zero-order valence-electron chi connectivity index (χ0n) is 6.21. The fraction of sp³-hybridized carbons (Fsp3) is 0.333. The van der Waals surface area contributed by atoms with Crippen molar-refractivity contribution in [3.63, 3.8) is 0 Å². The molecule has 2 nitrogen and oxygen atoms in total. The zero-order valence-corrected chi connectivity index (χ0v) is 6.21. The van der Waals surface area contributed by atoms with Crippen LogP contribution in [0.15, 0.2) is 28.3 Å². The van der Waals surface area contributed by atoms with Gasteiger partial charge in [-0.2, -0.15) is 0 Å². The van der Waals surface area contributed by atoms with E-state index in [2.05, 4.69) is 4.99 Å². The minimum absolute atomic E-state index is 0.145. The molecule has 2 rings (SSSR count). The first-order valence-electron chi connectivity index (χ1n) is 3.84. The van der Waals surface area contributed by atoms with Crippen LogP contribution < -0.4 is 0 Å². The summed E-state index contributed by atoms with van der Waals surface area (Å²) in [5.74, 6) is -0.145. The highest BCUT2D eigenvalue weighted by Gasteiger charge is 2.13. The lowest BCUT2D eigenvalue weighted by molar-refractivity contribution is -0.113. The second-order valence-corrected chi connectivity index (χ2v) is 2.84. The van der Waals surface area contributed by atoms with Crippen molar-refractivity contribution in [2.45, 2.75) is 19.3 Å². The summed E-state index contributed by atoms with van der Waals surface area (Å²) in [7, 11) is 0. The second kappa shape index (κ2) is 2.46. The first-order valence-corrected chi connectivity index (χ1v) is 3.84. The highest BCUT2D eigenvalue weighted by Crippen LogP contribution is 2.29. The summed E-state index contributed by atoms with van der Waals surface area (Å²) in [5.41, 5.74) is 2.59. The SMILES string of the molecule is O=C1C=CC(=C2CCC2)C=N1. The van der Waals surface area contributed by atoms with Crippen molar-refractivity contribution < 1.29 is 4.79 Å². The maximum atomic E-state index is 10.6. The number of carbonyl (C=O) groups excluding carboxylic acids is 1. The molecule has 1 aliphatic carbocycles. The van der Waals surface area contributed by atoms with Gasteiger partial charge in [-0.1, -0.05) is 5.57 Å². The quantitative estimate of drug-likeness (QED) is 0.512. The standard InChI is InChI=1S/C9H9NO/c11-9-5-4-8(6-10-9)7-2-1-3-7/h4-6H,1-3H2. The normalized spacial score (nSPS) is 22.4. The predicted molar refractivity (Wildman–Crippen MR) is 43.5 cm³/mol. The van der Waals surface area contributed by atoms with Crippen LogP contribution in [0.2, 0.25) is 0 Å². The summed E-state index contributed by atoms with van der Waals surface area (Å²) in [6.07, 6.45) is 8.72. The van der Waals surface area contributed by atoms with E-state index in [1.54, 1.807) is 6.21 Å². The highest BCUT2D eigenvalue weighted by atomic mass is 16.1. The third-order valence-electron chi connectivity index (χ3n) is 2.10. The number of carbonyl (C=O) groups is 1. The van der Waals surface area contributed by atoms with Gasteiger partial charge in [0.15, 0.2) is 0 Å². The van der Waals surface area contributed by atoms with Crippen LogP contribution in [-0.4, -0.2) is 12.1 Å². The molecular formula is C9H9NO. The largest absolute Gasteiger partial charge is 0.269 e. The molecule has 0 atom stereocenters. The number of allylic oxidation sites excluding steroid dienone is 3. The lowest BCUT2D eigenvalue weighted by Gasteiger charge is -2.18. The molecule has 11 heavy (non-hydrogen) atoms. The molecule has 0 aromatic carbocycles. The summed E-state index contributed by atoms with van der Waals surface area (Å²) >= 11 is 0. The number of aliphatic imine (C=N–C) groups is 1. The van der Waals surface area contributed by atoms with E-state index in [-0.39, 0.29) is 5.91 Å². The molecule has 1 aliphatic heterocycles. The number of hydrogen-bond donors (Lipinski definition) is 0. The van der Waals surface area contributed by atoms with Gasteiger partial charge >= 0.3 is 0 Å². The van der Waals surface area contributed by atoms with E-state index in [1.807, 2.05) is 6.08 Å². The Morgan fingerprint density at radius 2 is 2.09 bits per heavy atom. The van der Waals surface area contributed by atoms with E-state index in [1.165, 1.54) is 30.9 Å². The summed E-state index contributed by atoms with van der Waals surface area (Å²) in [6.45, 7) is 0. The van der Waals surface area contributed by atoms with Gasteiger partial charge in [0, 0.05) is 12.3 Å². The molecular weight excluding hydrogens is 138 g/mol. The molecule has 0 aromatic rings. The minimum Gasteiger partial charge on any atom is -0.267 e. The van der Waals surface area contributed by atoms with Crippen LogP contribution in [-0.2, 0) is 4.79 Å². The van der Waals surface area contributed by atoms with Crippen molar-refractivity contribution in [1.29, 1.82) is 0 Å². The summed E-state index contributed by atoms with van der Waals surface area (Å²) < 4.78 is 0. The lowest BCUT2D eigenvalue weighted by Crippen LogP contribution is -2.05. The number of amides is 1. The maximum absolute atomic E-state index is 10.6. The average Bonchev–Trinajstić information content (AvgIpc) is 1.90. The molecule has 0 aromatic heterocycles. The van der Waals surface area contributed by atoms with Crippen LogP contribution in [0.5, 0.6) is 0 Å². The van der Waals surface area contributed by atoms with Crippen molar-refractivity contribution in [2.24, 2.45) is 4.99 Å². The first-order chi connectivity index (χ1) is 5.36. The van der Waals surface area contributed by atoms with Gasteiger partial charge in [0.05, 0.1) is 0 Å². The third kappa shape index (κ3) is 1.16. The first kappa shape index (κ1) is 6.53. The molecule has 0 saturated heterocycles. The fourth-order valence-electron chi connectivity index (χ4n) is 1.23. The molecule has 1 amide bonds. The van der Waals surface area contributed by atoms with Crippen LogP contribution in [0, 0.1) is 0 Å². The number of nitrogens with zero attached hydrogens (tertiary/aromatic N) is 1. The van der Waals surface area contributed by atoms with Crippen molar-refractivity contribution in [3.8, 4) is 0 Å². The average molecular weight is 147 g/mol. The fourth-order valence-corrected chi connectivity index (χ4v) is 1.23. The zero-order chi connectivity index (χ0) is 7.68. The number of hydrogen-bond acceptors (Lipinski definition) is 1. The molecule has 1 fully saturated rings. The molecule has 2 aliphatic rings. The van der Waals surface area contributed by atoms with E-state index in [9.17, 15) is 4.79 Å². The summed E-state index contributed by atoms with van der Waals surface area (Å²) in [5, 5.41) is 0. The van der Waals surface area contributed by atoms with Gasteiger partial charge < -0.3 is 0 Å². The van der Waals surface area contributed by atoms with Crippen LogP contribution in [0.3, 0.4) is 0 Å². The van der Waals surface area contributed by atoms with Crippen molar-refractivity contribution >= 4 is 12.1 Å². The topological polar surface area (TPSA) is 29.4 Å². The van der Waals surface area contributed by atoms with Crippen LogP contribution >= 0.6 is 0 Å². The van der Waals surface area contributed by atoms with Gasteiger partial charge in [0.25, 0.3) is 5.91 Å². The van der Waals surface area contributed by atoms with E-state index >= 15 is 0 Å². The minimum atomic E-state index is -0.145. The van der Waals surface area contributed by atoms with Gasteiger partial charge in [-0.25, -0.2) is 4.99 Å². The van der Waals surface area contributed by atoms with E-state index in [4.69, 9.17) is 0 Å². The van der Waals surface area contributed by atoms with Crippen molar-refractivity contribution in [3.05, 3.63) is 23.3 Å². The Morgan fingerprint density at radius 3 is 2.55 bits per heavy atom. The van der Waals surface area contributed by atoms with Gasteiger partial charge in [0.1, 0.15) is 0 Å². The molecule has 0 spiro atoms. The molecule has 0 N–H and O–H groups in total. The van der Waals surface area contributed by atoms with E-state index < -0.39 is 0 Å². The van der Waals surface area contributed by atoms with Crippen LogP contribution in [0.4, 0.5) is 0 Å². The Kier molecular flexibility index (Phi) is 1.46. The Bertz CT molecular complexity index is 260. The highest BCUT2D eigenvalue weighted by molar-refractivity contribution is 6.03. The van der Waals surface area contributed by atoms with Gasteiger partial charge in [-0.05, 0) is 30.9 Å². The molecule has 56 valence electrons. The van der Waals surface area contributed by atoms with E-state index in [0.717, 1.165) is 5.57 Å². The van der Waals surface area contributed by atoms with Crippen molar-refractivity contribution in [2.75, 3.05) is 0 Å². The predicted octanol–water partition coefficient (Wildman–Crippen LogP) is 1.63. The molecule has 1 heterocycles. The molecule has 0 radical (unpaired) electrons. The monoisotopic (exact) mass is 147 g/mol. The lowest BCUT2D eigenvalue weighted by atomic mass is 9.88. The molecule has 0 unspecified atom stereocenters. The Balaban J connectivity index is 2.24. The Hall–Kier alpha value is -1.18. The number of dihydropyridines is 1. The van der Waals surface area contributed by atoms with Gasteiger partial charge in [0.2, 0.25) is 0 Å². The van der Waals surface area contributed by atoms with Crippen LogP contribution in [0.25, 0.3) is 0 Å².